The number of aldehydes is 1. The molecule has 1 aromatic carbocycles. The number of methoxy groups -OCH3 is 1. The summed E-state index contributed by atoms with van der Waals surface area (Å²) < 4.78 is 7.09. The van der Waals surface area contributed by atoms with Crippen molar-refractivity contribution in [3.05, 3.63) is 35.7 Å². The highest BCUT2D eigenvalue weighted by molar-refractivity contribution is 5.74. The van der Waals surface area contributed by atoms with Gasteiger partial charge in [0.2, 0.25) is 0 Å². The van der Waals surface area contributed by atoms with Crippen LogP contribution in [0.1, 0.15) is 41.4 Å². The molecule has 0 atom stereocenters. The lowest BCUT2D eigenvalue weighted by molar-refractivity contribution is 0.111. The molecule has 0 spiro atoms. The molecular weight excluding hydrogens is 242 g/mol. The summed E-state index contributed by atoms with van der Waals surface area (Å²) in [4.78, 5) is 11.1. The van der Waals surface area contributed by atoms with Crippen molar-refractivity contribution in [2.45, 2.75) is 25.2 Å². The molecule has 0 amide bonds. The fourth-order valence-electron chi connectivity index (χ4n) is 2.43. The van der Waals surface area contributed by atoms with Gasteiger partial charge in [0, 0.05) is 5.92 Å². The highest BCUT2D eigenvalue weighted by atomic mass is 16.5. The van der Waals surface area contributed by atoms with Gasteiger partial charge in [0.1, 0.15) is 17.1 Å². The van der Waals surface area contributed by atoms with E-state index in [-0.39, 0.29) is 0 Å². The first-order valence-corrected chi connectivity index (χ1v) is 6.39. The van der Waals surface area contributed by atoms with Gasteiger partial charge in [0.15, 0.2) is 6.29 Å². The summed E-state index contributed by atoms with van der Waals surface area (Å²) in [6, 6.07) is 7.62. The van der Waals surface area contributed by atoms with Gasteiger partial charge < -0.3 is 4.74 Å². The molecule has 3 rings (SSSR count). The van der Waals surface area contributed by atoms with Crippen LogP contribution in [0.3, 0.4) is 0 Å². The molecule has 1 fully saturated rings. The molecule has 5 heteroatoms. The highest BCUT2D eigenvalue weighted by Crippen LogP contribution is 2.38. The Hall–Kier alpha value is -2.17. The first-order chi connectivity index (χ1) is 9.35. The topological polar surface area (TPSA) is 57.0 Å². The maximum atomic E-state index is 11.1. The number of aromatic nitrogens is 3. The predicted molar refractivity (Wildman–Crippen MR) is 69.9 cm³/mol. The van der Waals surface area contributed by atoms with E-state index in [2.05, 4.69) is 10.3 Å². The van der Waals surface area contributed by atoms with E-state index in [0.29, 0.717) is 11.6 Å². The van der Waals surface area contributed by atoms with Gasteiger partial charge in [-0.25, -0.2) is 4.68 Å². The van der Waals surface area contributed by atoms with E-state index >= 15 is 0 Å². The van der Waals surface area contributed by atoms with Gasteiger partial charge in [0.05, 0.1) is 12.8 Å². The molecule has 1 heterocycles. The maximum absolute atomic E-state index is 11.1. The Balaban J connectivity index is 2.14. The molecule has 0 aliphatic heterocycles. The molecule has 1 aliphatic carbocycles. The van der Waals surface area contributed by atoms with Crippen molar-refractivity contribution in [3.63, 3.8) is 0 Å². The predicted octanol–water partition coefficient (Wildman–Crippen LogP) is 2.36. The number of nitrogens with zero attached hydrogens (tertiary/aromatic N) is 3. The molecule has 98 valence electrons. The summed E-state index contributed by atoms with van der Waals surface area (Å²) in [7, 11) is 1.62. The molecule has 1 aromatic heterocycles. The first-order valence-electron chi connectivity index (χ1n) is 6.39. The van der Waals surface area contributed by atoms with Gasteiger partial charge in [-0.15, -0.1) is 5.10 Å². The summed E-state index contributed by atoms with van der Waals surface area (Å²) in [5, 5.41) is 8.10. The van der Waals surface area contributed by atoms with Crippen LogP contribution in [0, 0.1) is 0 Å². The SMILES string of the molecule is COc1ccccc1-n1nnc(C=O)c1C1CCC1. The molecular formula is C14H15N3O2. The highest BCUT2D eigenvalue weighted by Gasteiger charge is 2.28. The molecule has 0 radical (unpaired) electrons. The van der Waals surface area contributed by atoms with E-state index in [1.165, 1.54) is 6.42 Å². The van der Waals surface area contributed by atoms with Crippen molar-refractivity contribution in [3.8, 4) is 11.4 Å². The molecule has 1 saturated carbocycles. The number of carbonyl (C=O) groups is 1. The Labute approximate surface area is 111 Å². The van der Waals surface area contributed by atoms with E-state index in [0.717, 1.165) is 36.3 Å². The zero-order valence-electron chi connectivity index (χ0n) is 10.7. The second-order valence-electron chi connectivity index (χ2n) is 4.69. The fraction of sp³-hybridized carbons (Fsp3) is 0.357. The van der Waals surface area contributed by atoms with Gasteiger partial charge in [-0.05, 0) is 25.0 Å². The Bertz CT molecular complexity index is 602. The number of para-hydroxylation sites is 2. The van der Waals surface area contributed by atoms with Crippen LogP contribution in [0.2, 0.25) is 0 Å². The Morgan fingerprint density at radius 1 is 1.37 bits per heavy atom. The van der Waals surface area contributed by atoms with Crippen molar-refractivity contribution in [2.24, 2.45) is 0 Å². The van der Waals surface area contributed by atoms with Crippen LogP contribution in [0.25, 0.3) is 5.69 Å². The lowest BCUT2D eigenvalue weighted by Gasteiger charge is -2.26. The van der Waals surface area contributed by atoms with Crippen LogP contribution in [-0.2, 0) is 0 Å². The van der Waals surface area contributed by atoms with Crippen LogP contribution < -0.4 is 4.74 Å². The Morgan fingerprint density at radius 2 is 2.16 bits per heavy atom. The summed E-state index contributed by atoms with van der Waals surface area (Å²) >= 11 is 0. The summed E-state index contributed by atoms with van der Waals surface area (Å²) in [6.07, 6.45) is 4.15. The van der Waals surface area contributed by atoms with Crippen LogP contribution in [-0.4, -0.2) is 28.4 Å². The molecule has 0 saturated heterocycles. The van der Waals surface area contributed by atoms with Crippen molar-refractivity contribution in [1.29, 1.82) is 0 Å². The third kappa shape index (κ3) is 1.91. The second-order valence-corrected chi connectivity index (χ2v) is 4.69. The third-order valence-corrected chi connectivity index (χ3v) is 3.65. The second kappa shape index (κ2) is 4.84. The van der Waals surface area contributed by atoms with Crippen molar-refractivity contribution in [1.82, 2.24) is 15.0 Å². The van der Waals surface area contributed by atoms with Gasteiger partial charge in [-0.2, -0.15) is 0 Å². The van der Waals surface area contributed by atoms with Crippen LogP contribution in [0.4, 0.5) is 0 Å². The molecule has 0 unspecified atom stereocenters. The molecule has 0 N–H and O–H groups in total. The summed E-state index contributed by atoms with van der Waals surface area (Å²) in [5.41, 5.74) is 2.17. The standard InChI is InChI=1S/C14H15N3O2/c1-19-13-8-3-2-7-12(13)17-14(10-5-4-6-10)11(9-18)15-16-17/h2-3,7-10H,4-6H2,1H3. The van der Waals surface area contributed by atoms with Crippen LogP contribution in [0.5, 0.6) is 5.75 Å². The fourth-order valence-corrected chi connectivity index (χ4v) is 2.43. The van der Waals surface area contributed by atoms with Crippen molar-refractivity contribution < 1.29 is 9.53 Å². The van der Waals surface area contributed by atoms with Gasteiger partial charge in [-0.3, -0.25) is 4.79 Å². The average Bonchev–Trinajstić information content (AvgIpc) is 2.80. The molecule has 5 nitrogen and oxygen atoms in total. The van der Waals surface area contributed by atoms with E-state index in [9.17, 15) is 4.79 Å². The van der Waals surface area contributed by atoms with Gasteiger partial charge in [0.25, 0.3) is 0 Å². The minimum Gasteiger partial charge on any atom is -0.494 e. The molecule has 1 aliphatic rings. The third-order valence-electron chi connectivity index (χ3n) is 3.65. The number of rotatable bonds is 4. The monoisotopic (exact) mass is 257 g/mol. The molecule has 2 aromatic rings. The van der Waals surface area contributed by atoms with E-state index < -0.39 is 0 Å². The van der Waals surface area contributed by atoms with Crippen LogP contribution >= 0.6 is 0 Å². The number of ether oxygens (including phenoxy) is 1. The summed E-state index contributed by atoms with van der Waals surface area (Å²) in [5.74, 6) is 1.10. The smallest absolute Gasteiger partial charge is 0.172 e. The lowest BCUT2D eigenvalue weighted by Crippen LogP contribution is -2.16. The normalized spacial score (nSPS) is 15.0. The Kier molecular flexibility index (Phi) is 3.03. The minimum atomic E-state index is 0.375. The van der Waals surface area contributed by atoms with Crippen molar-refractivity contribution >= 4 is 6.29 Å². The van der Waals surface area contributed by atoms with Crippen molar-refractivity contribution in [2.75, 3.05) is 7.11 Å². The van der Waals surface area contributed by atoms with Gasteiger partial charge >= 0.3 is 0 Å². The number of hydrogen-bond acceptors (Lipinski definition) is 4. The first kappa shape index (κ1) is 11.9. The Morgan fingerprint density at radius 3 is 2.79 bits per heavy atom. The lowest BCUT2D eigenvalue weighted by atomic mass is 9.82. The summed E-state index contributed by atoms with van der Waals surface area (Å²) in [6.45, 7) is 0. The van der Waals surface area contributed by atoms with E-state index in [4.69, 9.17) is 4.74 Å². The average molecular weight is 257 g/mol. The van der Waals surface area contributed by atoms with Crippen LogP contribution in [0.15, 0.2) is 24.3 Å². The molecule has 0 bridgehead atoms. The largest absolute Gasteiger partial charge is 0.494 e. The number of benzene rings is 1. The quantitative estimate of drug-likeness (QED) is 0.789. The zero-order valence-corrected chi connectivity index (χ0v) is 10.7. The van der Waals surface area contributed by atoms with Gasteiger partial charge in [-0.1, -0.05) is 23.8 Å². The number of carbonyl (C=O) groups excluding carboxylic acids is 1. The molecule has 19 heavy (non-hydrogen) atoms. The maximum Gasteiger partial charge on any atom is 0.172 e. The van der Waals surface area contributed by atoms with E-state index in [1.807, 2.05) is 24.3 Å². The zero-order chi connectivity index (χ0) is 13.2. The number of hydrogen-bond donors (Lipinski definition) is 0. The van der Waals surface area contributed by atoms with E-state index in [1.54, 1.807) is 11.8 Å². The minimum absolute atomic E-state index is 0.375.